The molecule has 0 N–H and O–H groups in total. The molecular formula is C15H23NO2S. The first-order valence-corrected chi connectivity index (χ1v) is 7.83. The van der Waals surface area contributed by atoms with Crippen LogP contribution in [0.4, 0.5) is 0 Å². The third-order valence-electron chi connectivity index (χ3n) is 3.31. The van der Waals surface area contributed by atoms with Gasteiger partial charge in [-0.3, -0.25) is 9.00 Å². The van der Waals surface area contributed by atoms with Crippen LogP contribution < -0.4 is 0 Å². The van der Waals surface area contributed by atoms with Crippen molar-refractivity contribution in [1.82, 2.24) is 4.90 Å². The highest BCUT2D eigenvalue weighted by Crippen LogP contribution is 2.24. The molecule has 0 aliphatic heterocycles. The Morgan fingerprint density at radius 1 is 1.21 bits per heavy atom. The molecule has 19 heavy (non-hydrogen) atoms. The summed E-state index contributed by atoms with van der Waals surface area (Å²) in [5.74, 6) is 0.0856. The molecule has 1 aromatic rings. The van der Waals surface area contributed by atoms with Crippen molar-refractivity contribution in [1.29, 1.82) is 0 Å². The summed E-state index contributed by atoms with van der Waals surface area (Å²) in [6.45, 7) is 5.75. The second kappa shape index (κ2) is 6.96. The highest BCUT2D eigenvalue weighted by molar-refractivity contribution is 7.85. The lowest BCUT2D eigenvalue weighted by Crippen LogP contribution is -2.21. The minimum atomic E-state index is -1.26. The van der Waals surface area contributed by atoms with Crippen molar-refractivity contribution in [3.8, 4) is 0 Å². The Hall–Kier alpha value is -1.00. The zero-order chi connectivity index (χ0) is 14.6. The molecule has 0 aliphatic rings. The van der Waals surface area contributed by atoms with Gasteiger partial charge in [-0.05, 0) is 32.6 Å². The fraction of sp³-hybridized carbons (Fsp3) is 0.533. The minimum Gasteiger partial charge on any atom is -0.303 e. The lowest BCUT2D eigenvalue weighted by atomic mass is 10.1. The second-order valence-electron chi connectivity index (χ2n) is 5.29. The van der Waals surface area contributed by atoms with Gasteiger partial charge in [0, 0.05) is 16.9 Å². The maximum absolute atomic E-state index is 12.4. The van der Waals surface area contributed by atoms with E-state index in [-0.39, 0.29) is 23.5 Å². The summed E-state index contributed by atoms with van der Waals surface area (Å²) < 4.78 is 12.4. The zero-order valence-electron chi connectivity index (χ0n) is 12.3. The topological polar surface area (TPSA) is 37.4 Å². The van der Waals surface area contributed by atoms with E-state index in [1.165, 1.54) is 0 Å². The molecule has 4 heteroatoms. The standard InChI is InChI=1S/C15H23NO2S/c1-11(2)14(17)10-19(18)15-9-7-6-8-13(15)12(3)16(4)5/h6-9,11-12H,10H2,1-5H3/t12-,19?/m1/s1. The van der Waals surface area contributed by atoms with E-state index in [4.69, 9.17) is 0 Å². The van der Waals surface area contributed by atoms with Crippen molar-refractivity contribution in [2.24, 2.45) is 5.92 Å². The first-order valence-electron chi connectivity index (χ1n) is 6.51. The minimum absolute atomic E-state index is 0.0469. The van der Waals surface area contributed by atoms with E-state index in [0.717, 1.165) is 10.5 Å². The van der Waals surface area contributed by atoms with Gasteiger partial charge in [0.25, 0.3) is 0 Å². The molecule has 0 aromatic heterocycles. The normalized spacial score (nSPS) is 14.7. The van der Waals surface area contributed by atoms with Crippen LogP contribution in [0.2, 0.25) is 0 Å². The predicted molar refractivity (Wildman–Crippen MR) is 79.7 cm³/mol. The average molecular weight is 281 g/mol. The van der Waals surface area contributed by atoms with Gasteiger partial charge in [-0.1, -0.05) is 32.0 Å². The third-order valence-corrected chi connectivity index (χ3v) is 4.72. The Morgan fingerprint density at radius 2 is 1.79 bits per heavy atom. The molecule has 0 amide bonds. The lowest BCUT2D eigenvalue weighted by molar-refractivity contribution is -0.119. The summed E-state index contributed by atoms with van der Waals surface area (Å²) in [6.07, 6.45) is 0. The lowest BCUT2D eigenvalue weighted by Gasteiger charge is -2.22. The van der Waals surface area contributed by atoms with Gasteiger partial charge in [0.15, 0.2) is 0 Å². The van der Waals surface area contributed by atoms with Gasteiger partial charge in [0.1, 0.15) is 5.78 Å². The van der Waals surface area contributed by atoms with Crippen LogP contribution in [0.25, 0.3) is 0 Å². The van der Waals surface area contributed by atoms with Crippen LogP contribution in [-0.2, 0) is 15.6 Å². The predicted octanol–water partition coefficient (Wildman–Crippen LogP) is 2.64. The molecule has 0 bridgehead atoms. The molecule has 0 saturated heterocycles. The zero-order valence-corrected chi connectivity index (χ0v) is 13.2. The molecule has 0 aliphatic carbocycles. The van der Waals surface area contributed by atoms with E-state index >= 15 is 0 Å². The number of ketones is 1. The molecule has 1 aromatic carbocycles. The van der Waals surface area contributed by atoms with Gasteiger partial charge in [-0.25, -0.2) is 0 Å². The summed E-state index contributed by atoms with van der Waals surface area (Å²) in [6, 6.07) is 7.84. The number of hydrogen-bond acceptors (Lipinski definition) is 3. The third kappa shape index (κ3) is 4.25. The number of Topliss-reactive ketones (excluding diaryl/α,β-unsaturated/α-hetero) is 1. The van der Waals surface area contributed by atoms with Crippen LogP contribution in [0.15, 0.2) is 29.2 Å². The van der Waals surface area contributed by atoms with Crippen LogP contribution in [0.5, 0.6) is 0 Å². The smallest absolute Gasteiger partial charge is 0.148 e. The van der Waals surface area contributed by atoms with E-state index in [2.05, 4.69) is 11.8 Å². The van der Waals surface area contributed by atoms with Gasteiger partial charge in [0.2, 0.25) is 0 Å². The van der Waals surface area contributed by atoms with E-state index in [1.807, 2.05) is 52.2 Å². The first-order chi connectivity index (χ1) is 8.84. The Morgan fingerprint density at radius 3 is 2.32 bits per heavy atom. The SMILES string of the molecule is CC(C)C(=O)CS(=O)c1ccccc1[C@@H](C)N(C)C. The molecule has 106 valence electrons. The fourth-order valence-electron chi connectivity index (χ4n) is 1.68. The molecule has 0 heterocycles. The Kier molecular flexibility index (Phi) is 5.88. The number of rotatable bonds is 6. The molecule has 1 unspecified atom stereocenters. The Balaban J connectivity index is 3.00. The number of hydrogen-bond donors (Lipinski definition) is 0. The summed E-state index contributed by atoms with van der Waals surface area (Å²) >= 11 is 0. The van der Waals surface area contributed by atoms with Crippen LogP contribution in [0.3, 0.4) is 0 Å². The molecule has 0 radical (unpaired) electrons. The molecule has 3 nitrogen and oxygen atoms in total. The molecule has 0 spiro atoms. The summed E-state index contributed by atoms with van der Waals surface area (Å²) in [7, 11) is 2.72. The second-order valence-corrected chi connectivity index (χ2v) is 6.71. The van der Waals surface area contributed by atoms with E-state index in [9.17, 15) is 9.00 Å². The van der Waals surface area contributed by atoms with Crippen LogP contribution in [0, 0.1) is 5.92 Å². The highest BCUT2D eigenvalue weighted by atomic mass is 32.2. The Bertz CT molecular complexity index is 469. The number of carbonyl (C=O) groups excluding carboxylic acids is 1. The molecule has 0 fully saturated rings. The monoisotopic (exact) mass is 281 g/mol. The number of benzene rings is 1. The maximum Gasteiger partial charge on any atom is 0.148 e. The van der Waals surface area contributed by atoms with E-state index in [1.54, 1.807) is 0 Å². The maximum atomic E-state index is 12.4. The molecule has 0 saturated carbocycles. The van der Waals surface area contributed by atoms with Gasteiger partial charge in [-0.2, -0.15) is 0 Å². The van der Waals surface area contributed by atoms with Crippen molar-refractivity contribution in [2.45, 2.75) is 31.7 Å². The van der Waals surface area contributed by atoms with Gasteiger partial charge >= 0.3 is 0 Å². The highest BCUT2D eigenvalue weighted by Gasteiger charge is 2.19. The number of nitrogens with zero attached hydrogens (tertiary/aromatic N) is 1. The van der Waals surface area contributed by atoms with Gasteiger partial charge < -0.3 is 4.90 Å². The molecule has 1 rings (SSSR count). The van der Waals surface area contributed by atoms with Crippen LogP contribution >= 0.6 is 0 Å². The average Bonchev–Trinajstić information content (AvgIpc) is 2.37. The van der Waals surface area contributed by atoms with E-state index < -0.39 is 10.8 Å². The fourth-order valence-corrected chi connectivity index (χ4v) is 3.16. The summed E-state index contributed by atoms with van der Waals surface area (Å²) in [5.41, 5.74) is 1.03. The largest absolute Gasteiger partial charge is 0.303 e. The van der Waals surface area contributed by atoms with E-state index in [0.29, 0.717) is 0 Å². The molecule has 2 atom stereocenters. The van der Waals surface area contributed by atoms with Gasteiger partial charge in [-0.15, -0.1) is 0 Å². The van der Waals surface area contributed by atoms with Crippen LogP contribution in [0.1, 0.15) is 32.4 Å². The summed E-state index contributed by atoms with van der Waals surface area (Å²) in [4.78, 5) is 14.6. The van der Waals surface area contributed by atoms with Crippen molar-refractivity contribution >= 4 is 16.6 Å². The summed E-state index contributed by atoms with van der Waals surface area (Å²) in [5, 5.41) is 0. The van der Waals surface area contributed by atoms with Crippen molar-refractivity contribution in [3.05, 3.63) is 29.8 Å². The van der Waals surface area contributed by atoms with Gasteiger partial charge in [0.05, 0.1) is 16.6 Å². The Labute approximate surface area is 118 Å². The number of carbonyl (C=O) groups is 1. The van der Waals surface area contributed by atoms with Crippen LogP contribution in [-0.4, -0.2) is 34.7 Å². The first kappa shape index (κ1) is 16.1. The van der Waals surface area contributed by atoms with Crippen molar-refractivity contribution in [3.63, 3.8) is 0 Å². The van der Waals surface area contributed by atoms with Crippen molar-refractivity contribution < 1.29 is 9.00 Å². The van der Waals surface area contributed by atoms with Crippen molar-refractivity contribution in [2.75, 3.05) is 19.8 Å². The molecular weight excluding hydrogens is 258 g/mol. The quantitative estimate of drug-likeness (QED) is 0.804.